The standard InChI is InChI=1S/C28H28F2N8/c1-36-18-10-19(36)15-37(14-18)13-16-2-3-23(31-11-16)33-27-32-12-21(30)25(35-27)17-8-20(29)26-22(9-17)38-24(34-26)4-5-28(38)6-7-28/h2-3,8-9,11-12,18-19H,4-7,10,13-15H2,1H3,(H,31,32,33,35). The van der Waals surface area contributed by atoms with Crippen LogP contribution in [-0.4, -0.2) is 66.5 Å². The van der Waals surface area contributed by atoms with Gasteiger partial charge >= 0.3 is 0 Å². The van der Waals surface area contributed by atoms with E-state index in [1.54, 1.807) is 0 Å². The Morgan fingerprint density at radius 2 is 1.84 bits per heavy atom. The third-order valence-corrected chi connectivity index (χ3v) is 9.02. The van der Waals surface area contributed by atoms with Crippen molar-refractivity contribution in [1.29, 1.82) is 0 Å². The summed E-state index contributed by atoms with van der Waals surface area (Å²) < 4.78 is 32.2. The molecule has 2 atom stereocenters. The van der Waals surface area contributed by atoms with Crippen LogP contribution in [0.2, 0.25) is 0 Å². The van der Waals surface area contributed by atoms with E-state index >= 15 is 4.39 Å². The van der Waals surface area contributed by atoms with Crippen molar-refractivity contribution in [1.82, 2.24) is 34.3 Å². The molecule has 7 heterocycles. The first-order valence-corrected chi connectivity index (χ1v) is 13.4. The third-order valence-electron chi connectivity index (χ3n) is 9.02. The number of aryl methyl sites for hydroxylation is 1. The van der Waals surface area contributed by atoms with E-state index in [0.717, 1.165) is 62.9 Å². The fourth-order valence-electron chi connectivity index (χ4n) is 6.70. The number of piperazine rings is 1. The summed E-state index contributed by atoms with van der Waals surface area (Å²) in [6.45, 7) is 3.06. The monoisotopic (exact) mass is 514 g/mol. The lowest BCUT2D eigenvalue weighted by Gasteiger charge is -2.55. The second-order valence-corrected chi connectivity index (χ2v) is 11.4. The first-order valence-electron chi connectivity index (χ1n) is 13.4. The number of rotatable bonds is 5. The summed E-state index contributed by atoms with van der Waals surface area (Å²) in [5.74, 6) is 0.623. The summed E-state index contributed by atoms with van der Waals surface area (Å²) in [6.07, 6.45) is 8.32. The minimum Gasteiger partial charge on any atom is -0.322 e. The normalized spacial score (nSPS) is 23.6. The zero-order valence-electron chi connectivity index (χ0n) is 21.2. The molecule has 38 heavy (non-hydrogen) atoms. The molecule has 4 aliphatic heterocycles. The molecule has 9 rings (SSSR count). The van der Waals surface area contributed by atoms with Crippen molar-refractivity contribution >= 4 is 22.8 Å². The maximum atomic E-state index is 15.1. The maximum absolute atomic E-state index is 15.1. The summed E-state index contributed by atoms with van der Waals surface area (Å²) >= 11 is 0. The fraction of sp³-hybridized carbons (Fsp3) is 0.429. The highest BCUT2D eigenvalue weighted by Crippen LogP contribution is 2.53. The van der Waals surface area contributed by atoms with E-state index < -0.39 is 11.6 Å². The van der Waals surface area contributed by atoms with Gasteiger partial charge in [0.2, 0.25) is 5.95 Å². The zero-order chi connectivity index (χ0) is 25.6. The van der Waals surface area contributed by atoms with Crippen molar-refractivity contribution in [3.8, 4) is 11.3 Å². The third kappa shape index (κ3) is 3.46. The molecule has 0 amide bonds. The summed E-state index contributed by atoms with van der Waals surface area (Å²) in [4.78, 5) is 22.5. The van der Waals surface area contributed by atoms with E-state index in [1.165, 1.54) is 12.5 Å². The van der Waals surface area contributed by atoms with Gasteiger partial charge in [-0.1, -0.05) is 6.07 Å². The minimum atomic E-state index is -0.606. The van der Waals surface area contributed by atoms with Crippen molar-refractivity contribution in [2.75, 3.05) is 25.5 Å². The Labute approximate surface area is 218 Å². The second-order valence-electron chi connectivity index (χ2n) is 11.4. The SMILES string of the molecule is CN1C2CC1CN(Cc1ccc(Nc3ncc(F)c(-c4cc(F)c5nc6n(c5c4)C4(CC6)CC4)n3)nc1)C2. The van der Waals surface area contributed by atoms with Gasteiger partial charge in [-0.05, 0) is 56.5 Å². The summed E-state index contributed by atoms with van der Waals surface area (Å²) in [6, 6.07) is 8.40. The van der Waals surface area contributed by atoms with Gasteiger partial charge in [0, 0.05) is 55.4 Å². The van der Waals surface area contributed by atoms with E-state index in [-0.39, 0.29) is 17.2 Å². The van der Waals surface area contributed by atoms with Crippen molar-refractivity contribution < 1.29 is 8.78 Å². The van der Waals surface area contributed by atoms with Crippen LogP contribution < -0.4 is 5.32 Å². The number of fused-ring (bicyclic) bond motifs is 6. The average Bonchev–Trinajstić information content (AvgIpc) is 3.48. The summed E-state index contributed by atoms with van der Waals surface area (Å²) in [7, 11) is 2.21. The molecule has 1 aromatic carbocycles. The smallest absolute Gasteiger partial charge is 0.229 e. The van der Waals surface area contributed by atoms with Gasteiger partial charge in [-0.3, -0.25) is 9.80 Å². The predicted molar refractivity (Wildman–Crippen MR) is 139 cm³/mol. The Hall–Kier alpha value is -3.50. The molecule has 1 aliphatic carbocycles. The zero-order valence-corrected chi connectivity index (χ0v) is 21.2. The number of aromatic nitrogens is 5. The van der Waals surface area contributed by atoms with Crippen LogP contribution in [0.1, 0.15) is 37.1 Å². The molecule has 4 aromatic rings. The molecule has 2 bridgehead atoms. The number of pyridine rings is 1. The molecule has 1 saturated carbocycles. The van der Waals surface area contributed by atoms with E-state index in [4.69, 9.17) is 0 Å². The van der Waals surface area contributed by atoms with Crippen LogP contribution in [0.5, 0.6) is 0 Å². The lowest BCUT2D eigenvalue weighted by molar-refractivity contribution is -0.0532. The van der Waals surface area contributed by atoms with E-state index in [0.29, 0.717) is 34.5 Å². The first-order chi connectivity index (χ1) is 18.5. The van der Waals surface area contributed by atoms with Gasteiger partial charge in [-0.15, -0.1) is 0 Å². The molecule has 1 spiro atoms. The van der Waals surface area contributed by atoms with Crippen LogP contribution >= 0.6 is 0 Å². The number of nitrogens with zero attached hydrogens (tertiary/aromatic N) is 7. The molecule has 0 radical (unpaired) electrons. The van der Waals surface area contributed by atoms with Gasteiger partial charge in [-0.2, -0.15) is 0 Å². The van der Waals surface area contributed by atoms with Crippen LogP contribution in [0.3, 0.4) is 0 Å². The Morgan fingerprint density at radius 3 is 2.58 bits per heavy atom. The quantitative estimate of drug-likeness (QED) is 0.427. The van der Waals surface area contributed by atoms with Crippen molar-refractivity contribution in [3.63, 3.8) is 0 Å². The molecule has 1 N–H and O–H groups in total. The van der Waals surface area contributed by atoms with Gasteiger partial charge in [-0.25, -0.2) is 28.7 Å². The highest BCUT2D eigenvalue weighted by molar-refractivity contribution is 5.83. The van der Waals surface area contributed by atoms with Crippen LogP contribution in [0, 0.1) is 11.6 Å². The van der Waals surface area contributed by atoms with Crippen molar-refractivity contribution in [3.05, 3.63) is 59.7 Å². The number of halogens is 2. The van der Waals surface area contributed by atoms with Gasteiger partial charge in [0.25, 0.3) is 0 Å². The van der Waals surface area contributed by atoms with Crippen molar-refractivity contribution in [2.24, 2.45) is 0 Å². The minimum absolute atomic E-state index is 0.0481. The van der Waals surface area contributed by atoms with Crippen LogP contribution in [0.15, 0.2) is 36.7 Å². The van der Waals surface area contributed by atoms with Gasteiger partial charge in [0.15, 0.2) is 11.6 Å². The highest BCUT2D eigenvalue weighted by atomic mass is 19.1. The van der Waals surface area contributed by atoms with E-state index in [2.05, 4.69) is 46.7 Å². The molecule has 194 valence electrons. The summed E-state index contributed by atoms with van der Waals surface area (Å²) in [5, 5.41) is 3.07. The average molecular weight is 515 g/mol. The molecular weight excluding hydrogens is 486 g/mol. The van der Waals surface area contributed by atoms with Crippen LogP contribution in [0.4, 0.5) is 20.5 Å². The molecule has 5 aliphatic rings. The number of hydrogen-bond acceptors (Lipinski definition) is 7. The van der Waals surface area contributed by atoms with Crippen LogP contribution in [0.25, 0.3) is 22.3 Å². The molecule has 3 saturated heterocycles. The lowest BCUT2D eigenvalue weighted by atomic mass is 9.88. The number of anilines is 2. The molecule has 2 unspecified atom stereocenters. The number of benzene rings is 1. The number of imidazole rings is 1. The first kappa shape index (κ1) is 22.5. The highest BCUT2D eigenvalue weighted by Gasteiger charge is 2.50. The fourth-order valence-corrected chi connectivity index (χ4v) is 6.70. The van der Waals surface area contributed by atoms with Gasteiger partial charge in [0.05, 0.1) is 11.7 Å². The van der Waals surface area contributed by atoms with Gasteiger partial charge in [0.1, 0.15) is 22.9 Å². The number of likely N-dealkylation sites (N-methyl/N-ethyl adjacent to an activating group) is 1. The number of piperidine rings is 1. The lowest BCUT2D eigenvalue weighted by Crippen LogP contribution is -2.66. The molecule has 4 fully saturated rings. The predicted octanol–water partition coefficient (Wildman–Crippen LogP) is 4.23. The molecular formula is C28H28F2N8. The largest absolute Gasteiger partial charge is 0.322 e. The number of hydrogen-bond donors (Lipinski definition) is 1. The Morgan fingerprint density at radius 1 is 1.00 bits per heavy atom. The number of nitrogens with one attached hydrogen (secondary N) is 1. The molecule has 10 heteroatoms. The molecule has 8 nitrogen and oxygen atoms in total. The Balaban J connectivity index is 1.04. The van der Waals surface area contributed by atoms with Crippen LogP contribution in [-0.2, 0) is 18.5 Å². The maximum Gasteiger partial charge on any atom is 0.229 e. The summed E-state index contributed by atoms with van der Waals surface area (Å²) in [5.41, 5.74) is 2.69. The van der Waals surface area contributed by atoms with E-state index in [9.17, 15) is 4.39 Å². The van der Waals surface area contributed by atoms with Crippen molar-refractivity contribution in [2.45, 2.75) is 56.3 Å². The van der Waals surface area contributed by atoms with Gasteiger partial charge < -0.3 is 9.88 Å². The second kappa shape index (κ2) is 8.00. The topological polar surface area (TPSA) is 75.0 Å². The van der Waals surface area contributed by atoms with E-state index in [1.807, 2.05) is 24.4 Å². The molecule has 3 aromatic heterocycles. The Bertz CT molecular complexity index is 1570. The Kier molecular flexibility index (Phi) is 4.73.